The van der Waals surface area contributed by atoms with Crippen LogP contribution in [0.2, 0.25) is 0 Å². The maximum atomic E-state index is 12.5. The molecule has 8 heteroatoms. The van der Waals surface area contributed by atoms with Gasteiger partial charge >= 0.3 is 0 Å². The van der Waals surface area contributed by atoms with E-state index in [2.05, 4.69) is 11.6 Å². The van der Waals surface area contributed by atoms with Crippen LogP contribution in [0.3, 0.4) is 0 Å². The number of carbonyl (C=O) groups is 1. The van der Waals surface area contributed by atoms with Gasteiger partial charge < -0.3 is 14.4 Å². The number of amides is 1. The van der Waals surface area contributed by atoms with E-state index in [4.69, 9.17) is 9.47 Å². The summed E-state index contributed by atoms with van der Waals surface area (Å²) in [6, 6.07) is 4.49. The van der Waals surface area contributed by atoms with Gasteiger partial charge in [0, 0.05) is 19.2 Å². The fraction of sp³-hybridized carbons (Fsp3) is 0.562. The van der Waals surface area contributed by atoms with E-state index in [9.17, 15) is 13.2 Å². The Morgan fingerprint density at radius 1 is 1.25 bits per heavy atom. The topological polar surface area (TPSA) is 84.9 Å². The summed E-state index contributed by atoms with van der Waals surface area (Å²) in [5.74, 6) is 0.981. The predicted octanol–water partition coefficient (Wildman–Crippen LogP) is 1.24. The molecule has 0 aromatic heterocycles. The summed E-state index contributed by atoms with van der Waals surface area (Å²) in [5.41, 5.74) is 0. The number of piperidine rings is 1. The Kier molecular flexibility index (Phi) is 6.06. The first kappa shape index (κ1) is 18.5. The summed E-state index contributed by atoms with van der Waals surface area (Å²) in [4.78, 5) is 13.9. The van der Waals surface area contributed by atoms with Gasteiger partial charge in [-0.2, -0.15) is 0 Å². The smallest absolute Gasteiger partial charge is 0.244 e. The molecule has 2 rings (SSSR count). The van der Waals surface area contributed by atoms with Crippen LogP contribution in [0, 0.1) is 5.92 Å². The second-order valence-electron chi connectivity index (χ2n) is 5.90. The molecule has 1 saturated heterocycles. The molecule has 24 heavy (non-hydrogen) atoms. The molecular weight excluding hydrogens is 332 g/mol. The van der Waals surface area contributed by atoms with Gasteiger partial charge in [-0.3, -0.25) is 4.79 Å². The minimum absolute atomic E-state index is 0.0515. The number of sulfonamides is 1. The van der Waals surface area contributed by atoms with Gasteiger partial charge in [-0.05, 0) is 30.9 Å². The SMILES string of the molecule is COc1ccc(OC)c(S(=O)(=O)NCC(=O)N2CCC(C)CC2)c1. The highest BCUT2D eigenvalue weighted by Gasteiger charge is 2.24. The first-order chi connectivity index (χ1) is 11.4. The van der Waals surface area contributed by atoms with Crippen molar-refractivity contribution in [3.8, 4) is 11.5 Å². The molecule has 0 radical (unpaired) electrons. The molecule has 1 aromatic rings. The second kappa shape index (κ2) is 7.85. The van der Waals surface area contributed by atoms with E-state index in [1.54, 1.807) is 11.0 Å². The summed E-state index contributed by atoms with van der Waals surface area (Å²) in [7, 11) is -1.04. The number of carbonyl (C=O) groups excluding carboxylic acids is 1. The van der Waals surface area contributed by atoms with Crippen molar-refractivity contribution in [3.05, 3.63) is 18.2 Å². The number of nitrogens with zero attached hydrogens (tertiary/aromatic N) is 1. The van der Waals surface area contributed by atoms with Crippen molar-refractivity contribution in [2.75, 3.05) is 33.9 Å². The lowest BCUT2D eigenvalue weighted by atomic mass is 9.99. The maximum Gasteiger partial charge on any atom is 0.244 e. The number of hydrogen-bond donors (Lipinski definition) is 1. The molecule has 1 aromatic carbocycles. The van der Waals surface area contributed by atoms with Crippen molar-refractivity contribution in [1.29, 1.82) is 0 Å². The van der Waals surface area contributed by atoms with Crippen LogP contribution in [0.25, 0.3) is 0 Å². The van der Waals surface area contributed by atoms with Crippen LogP contribution >= 0.6 is 0 Å². The summed E-state index contributed by atoms with van der Waals surface area (Å²) < 4.78 is 37.5. The molecule has 1 aliphatic rings. The van der Waals surface area contributed by atoms with Gasteiger partial charge in [0.15, 0.2) is 0 Å². The number of hydrogen-bond acceptors (Lipinski definition) is 5. The van der Waals surface area contributed by atoms with Crippen LogP contribution in [0.15, 0.2) is 23.1 Å². The Morgan fingerprint density at radius 2 is 1.92 bits per heavy atom. The number of likely N-dealkylation sites (tertiary alicyclic amines) is 1. The molecule has 1 aliphatic heterocycles. The van der Waals surface area contributed by atoms with Gasteiger partial charge in [-0.1, -0.05) is 6.92 Å². The average Bonchev–Trinajstić information content (AvgIpc) is 2.59. The van der Waals surface area contributed by atoms with Crippen LogP contribution in [-0.4, -0.2) is 53.1 Å². The van der Waals surface area contributed by atoms with Gasteiger partial charge in [0.2, 0.25) is 15.9 Å². The molecule has 0 unspecified atom stereocenters. The molecule has 0 atom stereocenters. The summed E-state index contributed by atoms with van der Waals surface area (Å²) in [6.45, 7) is 3.23. The Hall–Kier alpha value is -1.80. The summed E-state index contributed by atoms with van der Waals surface area (Å²) in [6.07, 6.45) is 1.89. The molecule has 0 saturated carbocycles. The monoisotopic (exact) mass is 356 g/mol. The lowest BCUT2D eigenvalue weighted by Crippen LogP contribution is -2.43. The highest BCUT2D eigenvalue weighted by Crippen LogP contribution is 2.28. The van der Waals surface area contributed by atoms with Crippen molar-refractivity contribution < 1.29 is 22.7 Å². The number of nitrogens with one attached hydrogen (secondary N) is 1. The second-order valence-corrected chi connectivity index (χ2v) is 7.64. The molecule has 0 spiro atoms. The molecule has 7 nitrogen and oxygen atoms in total. The van der Waals surface area contributed by atoms with Crippen molar-refractivity contribution in [1.82, 2.24) is 9.62 Å². The molecule has 1 heterocycles. The van der Waals surface area contributed by atoms with Crippen LogP contribution in [0.1, 0.15) is 19.8 Å². The van der Waals surface area contributed by atoms with Gasteiger partial charge in [-0.25, -0.2) is 13.1 Å². The summed E-state index contributed by atoms with van der Waals surface area (Å²) in [5, 5.41) is 0. The highest BCUT2D eigenvalue weighted by atomic mass is 32.2. The number of benzene rings is 1. The zero-order valence-corrected chi connectivity index (χ0v) is 15.1. The minimum Gasteiger partial charge on any atom is -0.497 e. The Morgan fingerprint density at radius 3 is 2.50 bits per heavy atom. The predicted molar refractivity (Wildman–Crippen MR) is 89.7 cm³/mol. The molecule has 0 bridgehead atoms. The van der Waals surface area contributed by atoms with Crippen molar-refractivity contribution in [2.24, 2.45) is 5.92 Å². The molecule has 1 fully saturated rings. The van der Waals surface area contributed by atoms with Crippen LogP contribution < -0.4 is 14.2 Å². The van der Waals surface area contributed by atoms with E-state index < -0.39 is 10.0 Å². The fourth-order valence-electron chi connectivity index (χ4n) is 2.60. The van der Waals surface area contributed by atoms with Crippen molar-refractivity contribution >= 4 is 15.9 Å². The molecular formula is C16H24N2O5S. The third-order valence-electron chi connectivity index (χ3n) is 4.21. The fourth-order valence-corrected chi connectivity index (χ4v) is 3.75. The standard InChI is InChI=1S/C16H24N2O5S/c1-12-6-8-18(9-7-12)16(19)11-17-24(20,21)15-10-13(22-2)4-5-14(15)23-3/h4-5,10,12,17H,6-9,11H2,1-3H3. The van der Waals surface area contributed by atoms with Gasteiger partial charge in [-0.15, -0.1) is 0 Å². The highest BCUT2D eigenvalue weighted by molar-refractivity contribution is 7.89. The number of methoxy groups -OCH3 is 2. The van der Waals surface area contributed by atoms with E-state index >= 15 is 0 Å². The summed E-state index contributed by atoms with van der Waals surface area (Å²) >= 11 is 0. The number of rotatable bonds is 6. The molecule has 0 aliphatic carbocycles. The van der Waals surface area contributed by atoms with Crippen LogP contribution in [0.4, 0.5) is 0 Å². The maximum absolute atomic E-state index is 12.5. The number of ether oxygens (including phenoxy) is 2. The normalized spacial score (nSPS) is 16.0. The lowest BCUT2D eigenvalue weighted by Gasteiger charge is -2.30. The zero-order valence-electron chi connectivity index (χ0n) is 14.2. The average molecular weight is 356 g/mol. The molecule has 1 N–H and O–H groups in total. The Balaban J connectivity index is 2.07. The Labute approximate surface area is 143 Å². The van der Waals surface area contributed by atoms with E-state index in [1.165, 1.54) is 26.4 Å². The third-order valence-corrected chi connectivity index (χ3v) is 5.63. The van der Waals surface area contributed by atoms with Gasteiger partial charge in [0.25, 0.3) is 0 Å². The molecule has 134 valence electrons. The van der Waals surface area contributed by atoms with E-state index in [0.29, 0.717) is 24.8 Å². The largest absolute Gasteiger partial charge is 0.497 e. The van der Waals surface area contributed by atoms with Crippen LogP contribution in [0.5, 0.6) is 11.5 Å². The third kappa shape index (κ3) is 4.39. The first-order valence-corrected chi connectivity index (χ1v) is 9.35. The van der Waals surface area contributed by atoms with Crippen molar-refractivity contribution in [2.45, 2.75) is 24.7 Å². The van der Waals surface area contributed by atoms with Crippen LogP contribution in [-0.2, 0) is 14.8 Å². The molecule has 1 amide bonds. The minimum atomic E-state index is -3.88. The Bertz CT molecular complexity index is 682. The van der Waals surface area contributed by atoms with E-state index in [-0.39, 0.29) is 23.1 Å². The first-order valence-electron chi connectivity index (χ1n) is 7.87. The van der Waals surface area contributed by atoms with E-state index in [1.807, 2.05) is 0 Å². The van der Waals surface area contributed by atoms with Gasteiger partial charge in [0.1, 0.15) is 16.4 Å². The van der Waals surface area contributed by atoms with Crippen molar-refractivity contribution in [3.63, 3.8) is 0 Å². The van der Waals surface area contributed by atoms with Gasteiger partial charge in [0.05, 0.1) is 20.8 Å². The zero-order chi connectivity index (χ0) is 17.7. The lowest BCUT2D eigenvalue weighted by molar-refractivity contribution is -0.131. The quantitative estimate of drug-likeness (QED) is 0.829. The van der Waals surface area contributed by atoms with E-state index in [0.717, 1.165) is 12.8 Å².